The number of hydrogen-bond acceptors (Lipinski definition) is 4. The van der Waals surface area contributed by atoms with Crippen LogP contribution in [0, 0.1) is 5.92 Å². The fourth-order valence-corrected chi connectivity index (χ4v) is 3.37. The molecule has 10 heteroatoms. The molecule has 0 bridgehead atoms. The molecule has 1 amide bonds. The number of imidazole rings is 1. The van der Waals surface area contributed by atoms with Gasteiger partial charge in [0.05, 0.1) is 29.6 Å². The summed E-state index contributed by atoms with van der Waals surface area (Å²) in [4.78, 5) is 15.5. The molecule has 0 aliphatic heterocycles. The molecule has 7 nitrogen and oxygen atoms in total. The Labute approximate surface area is 146 Å². The minimum atomic E-state index is -2.70. The lowest BCUT2D eigenvalue weighted by atomic mass is 9.81. The van der Waals surface area contributed by atoms with Gasteiger partial charge in [-0.2, -0.15) is 5.10 Å². The molecular weight excluding hydrogens is 358 g/mol. The summed E-state index contributed by atoms with van der Waals surface area (Å²) in [5.74, 6) is -2.98. The molecule has 0 saturated heterocycles. The molecule has 1 saturated carbocycles. The number of aliphatic hydroxyl groups excluding tert-OH is 1. The van der Waals surface area contributed by atoms with Crippen molar-refractivity contribution in [2.24, 2.45) is 5.92 Å². The van der Waals surface area contributed by atoms with Gasteiger partial charge in [0.2, 0.25) is 5.92 Å². The SMILES string of the molecule is O=C(O)NC(c1cn2nc(CO)c(Cl)cc2n1)C1CCC(F)(F)CC1. The van der Waals surface area contributed by atoms with Gasteiger partial charge in [-0.25, -0.2) is 23.1 Å². The highest BCUT2D eigenvalue weighted by atomic mass is 35.5. The summed E-state index contributed by atoms with van der Waals surface area (Å²) in [5, 5.41) is 25.1. The zero-order valence-electron chi connectivity index (χ0n) is 13.1. The number of amides is 1. The van der Waals surface area contributed by atoms with Crippen LogP contribution in [0.4, 0.5) is 13.6 Å². The predicted octanol–water partition coefficient (Wildman–Crippen LogP) is 3.01. The number of aromatic nitrogens is 3. The topological polar surface area (TPSA) is 99.8 Å². The summed E-state index contributed by atoms with van der Waals surface area (Å²) in [7, 11) is 0. The average molecular weight is 375 g/mol. The van der Waals surface area contributed by atoms with E-state index in [0.717, 1.165) is 0 Å². The van der Waals surface area contributed by atoms with Crippen molar-refractivity contribution in [3.05, 3.63) is 28.7 Å². The summed E-state index contributed by atoms with van der Waals surface area (Å²) in [6.45, 7) is -0.350. The molecule has 0 spiro atoms. The number of carbonyl (C=O) groups is 1. The van der Waals surface area contributed by atoms with E-state index in [1.807, 2.05) is 0 Å². The third-order valence-corrected chi connectivity index (χ3v) is 4.80. The molecule has 3 N–H and O–H groups in total. The third kappa shape index (κ3) is 3.82. The quantitative estimate of drug-likeness (QED) is 0.764. The van der Waals surface area contributed by atoms with Crippen LogP contribution < -0.4 is 5.32 Å². The van der Waals surface area contributed by atoms with Crippen molar-refractivity contribution in [3.8, 4) is 0 Å². The minimum absolute atomic E-state index is 0.196. The molecule has 0 radical (unpaired) electrons. The highest BCUT2D eigenvalue weighted by molar-refractivity contribution is 6.31. The van der Waals surface area contributed by atoms with Crippen LogP contribution in [-0.4, -0.2) is 36.8 Å². The second-order valence-corrected chi connectivity index (χ2v) is 6.59. The van der Waals surface area contributed by atoms with Crippen LogP contribution in [0.15, 0.2) is 12.3 Å². The van der Waals surface area contributed by atoms with Crippen LogP contribution in [0.2, 0.25) is 5.02 Å². The lowest BCUT2D eigenvalue weighted by molar-refractivity contribution is -0.0495. The monoisotopic (exact) mass is 374 g/mol. The molecule has 25 heavy (non-hydrogen) atoms. The van der Waals surface area contributed by atoms with Crippen LogP contribution in [0.5, 0.6) is 0 Å². The molecule has 1 aliphatic carbocycles. The second kappa shape index (κ2) is 6.72. The van der Waals surface area contributed by atoms with E-state index in [0.29, 0.717) is 11.3 Å². The largest absolute Gasteiger partial charge is 0.465 e. The molecule has 2 aromatic rings. The number of carboxylic acid groups (broad SMARTS) is 1. The Bertz CT molecular complexity index is 788. The Morgan fingerprint density at radius 2 is 2.16 bits per heavy atom. The number of fused-ring (bicyclic) bond motifs is 1. The number of aliphatic hydroxyl groups is 1. The normalized spacial score (nSPS) is 19.0. The zero-order valence-corrected chi connectivity index (χ0v) is 13.9. The Balaban J connectivity index is 1.93. The highest BCUT2D eigenvalue weighted by Crippen LogP contribution is 2.41. The fraction of sp³-hybridized carbons (Fsp3) is 0.533. The summed E-state index contributed by atoms with van der Waals surface area (Å²) < 4.78 is 28.2. The van der Waals surface area contributed by atoms with Crippen molar-refractivity contribution in [3.63, 3.8) is 0 Å². The maximum atomic E-state index is 13.4. The van der Waals surface area contributed by atoms with Crippen molar-refractivity contribution >= 4 is 23.3 Å². The number of halogens is 3. The lowest BCUT2D eigenvalue weighted by Gasteiger charge is -2.32. The Morgan fingerprint density at radius 3 is 2.76 bits per heavy atom. The third-order valence-electron chi connectivity index (χ3n) is 4.47. The van der Waals surface area contributed by atoms with E-state index in [1.54, 1.807) is 0 Å². The first kappa shape index (κ1) is 17.8. The maximum Gasteiger partial charge on any atom is 0.405 e. The van der Waals surface area contributed by atoms with Gasteiger partial charge in [0.25, 0.3) is 0 Å². The number of nitrogens with zero attached hydrogens (tertiary/aromatic N) is 3. The summed E-state index contributed by atoms with van der Waals surface area (Å²) in [6, 6.07) is 0.794. The van der Waals surface area contributed by atoms with Crippen molar-refractivity contribution in [2.75, 3.05) is 0 Å². The van der Waals surface area contributed by atoms with E-state index in [9.17, 15) is 18.7 Å². The van der Waals surface area contributed by atoms with Gasteiger partial charge >= 0.3 is 6.09 Å². The van der Waals surface area contributed by atoms with Crippen LogP contribution in [-0.2, 0) is 6.61 Å². The lowest BCUT2D eigenvalue weighted by Crippen LogP contribution is -2.36. The summed E-state index contributed by atoms with van der Waals surface area (Å²) in [5.41, 5.74) is 1.03. The van der Waals surface area contributed by atoms with E-state index >= 15 is 0 Å². The first-order chi connectivity index (χ1) is 11.8. The van der Waals surface area contributed by atoms with E-state index in [2.05, 4.69) is 15.4 Å². The zero-order chi connectivity index (χ0) is 18.2. The van der Waals surface area contributed by atoms with Gasteiger partial charge in [-0.05, 0) is 18.8 Å². The van der Waals surface area contributed by atoms with Gasteiger partial charge in [-0.1, -0.05) is 11.6 Å². The van der Waals surface area contributed by atoms with Crippen LogP contribution >= 0.6 is 11.6 Å². The van der Waals surface area contributed by atoms with Gasteiger partial charge in [-0.3, -0.25) is 0 Å². The maximum absolute atomic E-state index is 13.4. The van der Waals surface area contributed by atoms with E-state index < -0.39 is 18.1 Å². The Morgan fingerprint density at radius 1 is 1.48 bits per heavy atom. The van der Waals surface area contributed by atoms with Gasteiger partial charge in [0, 0.05) is 18.9 Å². The second-order valence-electron chi connectivity index (χ2n) is 6.19. The van der Waals surface area contributed by atoms with Crippen molar-refractivity contribution in [1.82, 2.24) is 19.9 Å². The molecule has 2 aromatic heterocycles. The molecule has 2 heterocycles. The first-order valence-electron chi connectivity index (χ1n) is 7.82. The fourth-order valence-electron chi connectivity index (χ4n) is 3.18. The van der Waals surface area contributed by atoms with Crippen molar-refractivity contribution < 1.29 is 23.8 Å². The predicted molar refractivity (Wildman–Crippen MR) is 84.7 cm³/mol. The molecule has 1 unspecified atom stereocenters. The smallest absolute Gasteiger partial charge is 0.405 e. The molecule has 136 valence electrons. The molecule has 0 aromatic carbocycles. The van der Waals surface area contributed by atoms with Gasteiger partial charge in [0.1, 0.15) is 5.69 Å². The Hall–Kier alpha value is -2.00. The summed E-state index contributed by atoms with van der Waals surface area (Å²) in [6.07, 6.45) is 0.118. The van der Waals surface area contributed by atoms with Gasteiger partial charge in [0.15, 0.2) is 5.65 Å². The molecule has 1 aliphatic rings. The summed E-state index contributed by atoms with van der Waals surface area (Å²) >= 11 is 5.99. The van der Waals surface area contributed by atoms with Gasteiger partial charge in [-0.15, -0.1) is 0 Å². The molecule has 1 atom stereocenters. The first-order valence-corrected chi connectivity index (χ1v) is 8.20. The number of nitrogens with one attached hydrogen (secondary N) is 1. The van der Waals surface area contributed by atoms with E-state index in [4.69, 9.17) is 16.7 Å². The van der Waals surface area contributed by atoms with Gasteiger partial charge < -0.3 is 15.5 Å². The van der Waals surface area contributed by atoms with Crippen LogP contribution in [0.25, 0.3) is 5.65 Å². The number of hydrogen-bond donors (Lipinski definition) is 3. The van der Waals surface area contributed by atoms with E-state index in [1.165, 1.54) is 16.8 Å². The van der Waals surface area contributed by atoms with Crippen LogP contribution in [0.3, 0.4) is 0 Å². The molecule has 1 fully saturated rings. The Kier molecular flexibility index (Phi) is 4.79. The van der Waals surface area contributed by atoms with Crippen molar-refractivity contribution in [1.29, 1.82) is 0 Å². The highest BCUT2D eigenvalue weighted by Gasteiger charge is 2.39. The van der Waals surface area contributed by atoms with E-state index in [-0.39, 0.29) is 48.9 Å². The van der Waals surface area contributed by atoms with Crippen molar-refractivity contribution in [2.45, 2.75) is 44.3 Å². The van der Waals surface area contributed by atoms with Crippen LogP contribution in [0.1, 0.15) is 43.1 Å². The average Bonchev–Trinajstić information content (AvgIpc) is 2.94. The molecule has 3 rings (SSSR count). The number of alkyl halides is 2. The minimum Gasteiger partial charge on any atom is -0.465 e. The standard InChI is InChI=1S/C15H17ClF2N4O3/c16-9-5-12-19-10(6-22(12)21-11(9)7-23)13(20-14(24)25)8-1-3-15(17,18)4-2-8/h5-6,8,13,20,23H,1-4,7H2,(H,24,25). The molecular formula is C15H17ClF2N4O3. The number of rotatable bonds is 4.